The number of carbonyl (C=O) groups excluding carboxylic acids is 1. The first-order chi connectivity index (χ1) is 11.0. The van der Waals surface area contributed by atoms with Crippen LogP contribution >= 0.6 is 22.9 Å². The Balaban J connectivity index is 1.99. The number of hydrogen-bond acceptors (Lipinski definition) is 6. The number of piperidine rings is 1. The maximum Gasteiger partial charge on any atom is 0.336 e. The van der Waals surface area contributed by atoms with Crippen LogP contribution in [0.4, 0.5) is 0 Å². The van der Waals surface area contributed by atoms with Gasteiger partial charge in [0, 0.05) is 24.1 Å². The molecule has 1 aliphatic rings. The van der Waals surface area contributed by atoms with E-state index < -0.39 is 12.1 Å². The molecule has 2 N–H and O–H groups in total. The van der Waals surface area contributed by atoms with Gasteiger partial charge in [0.05, 0.1) is 11.4 Å². The molecule has 0 amide bonds. The summed E-state index contributed by atoms with van der Waals surface area (Å²) in [4.78, 5) is 14.8. The summed E-state index contributed by atoms with van der Waals surface area (Å²) >= 11 is 7.75. The van der Waals surface area contributed by atoms with E-state index in [1.54, 1.807) is 11.3 Å². The number of carbonyl (C=O) groups is 1. The summed E-state index contributed by atoms with van der Waals surface area (Å²) in [5.74, 6) is -0.176. The number of hydrogen-bond donors (Lipinski definition) is 2. The summed E-state index contributed by atoms with van der Waals surface area (Å²) in [5, 5.41) is 19.0. The van der Waals surface area contributed by atoms with Crippen molar-refractivity contribution in [3.05, 3.63) is 20.8 Å². The minimum absolute atomic E-state index is 0.125. The average Bonchev–Trinajstić information content (AvgIpc) is 2.89. The molecule has 3 atom stereocenters. The van der Waals surface area contributed by atoms with E-state index in [9.17, 15) is 15.0 Å². The van der Waals surface area contributed by atoms with Crippen molar-refractivity contribution in [3.63, 3.8) is 0 Å². The normalized spacial score (nSPS) is 23.7. The summed E-state index contributed by atoms with van der Waals surface area (Å²) in [6.07, 6.45) is 1.44. The highest BCUT2D eigenvalue weighted by atomic mass is 35.5. The lowest BCUT2D eigenvalue weighted by Gasteiger charge is -2.38. The Hall–Kier alpha value is -0.660. The molecule has 3 unspecified atom stereocenters. The number of nitrogens with zero attached hydrogens (tertiary/aromatic N) is 1. The van der Waals surface area contributed by atoms with E-state index in [1.807, 2.05) is 6.07 Å². The van der Waals surface area contributed by atoms with E-state index in [4.69, 9.17) is 11.6 Å². The maximum atomic E-state index is 11.4. The fourth-order valence-electron chi connectivity index (χ4n) is 3.23. The molecule has 1 aliphatic heterocycles. The first kappa shape index (κ1) is 18.7. The van der Waals surface area contributed by atoms with Gasteiger partial charge in [-0.3, -0.25) is 4.90 Å². The van der Waals surface area contributed by atoms with Crippen molar-refractivity contribution in [1.82, 2.24) is 4.90 Å². The third-order valence-electron chi connectivity index (χ3n) is 4.46. The number of β-amino-alcohol motifs (C(OH)–C–C–N with tert-alkyl or cyclic N) is 1. The minimum Gasteiger partial charge on any atom is -0.467 e. The van der Waals surface area contributed by atoms with E-state index >= 15 is 0 Å². The van der Waals surface area contributed by atoms with Crippen LogP contribution in [0.1, 0.15) is 36.1 Å². The lowest BCUT2D eigenvalue weighted by Crippen LogP contribution is -2.46. The molecule has 1 fully saturated rings. The number of rotatable bonds is 6. The molecule has 0 spiro atoms. The van der Waals surface area contributed by atoms with Gasteiger partial charge in [0.15, 0.2) is 6.10 Å². The third-order valence-corrected chi connectivity index (χ3v) is 5.93. The van der Waals surface area contributed by atoms with E-state index in [1.165, 1.54) is 12.0 Å². The van der Waals surface area contributed by atoms with Gasteiger partial charge in [0.1, 0.15) is 0 Å². The van der Waals surface area contributed by atoms with E-state index in [0.717, 1.165) is 29.3 Å². The van der Waals surface area contributed by atoms with Crippen LogP contribution in [0.2, 0.25) is 4.34 Å². The van der Waals surface area contributed by atoms with Crippen LogP contribution in [-0.2, 0) is 16.0 Å². The average molecular weight is 362 g/mol. The quantitative estimate of drug-likeness (QED) is 0.759. The topological polar surface area (TPSA) is 70.0 Å². The van der Waals surface area contributed by atoms with Crippen LogP contribution in [0.15, 0.2) is 6.07 Å². The largest absolute Gasteiger partial charge is 0.467 e. The second-order valence-electron chi connectivity index (χ2n) is 6.02. The van der Waals surface area contributed by atoms with Gasteiger partial charge < -0.3 is 14.9 Å². The van der Waals surface area contributed by atoms with Crippen LogP contribution < -0.4 is 0 Å². The molecule has 0 aromatic carbocycles. The molecular weight excluding hydrogens is 338 g/mol. The number of thiophene rings is 1. The second kappa shape index (κ2) is 8.44. The zero-order valence-electron chi connectivity index (χ0n) is 13.5. The van der Waals surface area contributed by atoms with Gasteiger partial charge in [-0.25, -0.2) is 4.79 Å². The number of methoxy groups -OCH3 is 1. The Morgan fingerprint density at radius 1 is 1.61 bits per heavy atom. The van der Waals surface area contributed by atoms with Crippen LogP contribution in [0, 0.1) is 0 Å². The first-order valence-electron chi connectivity index (χ1n) is 7.85. The van der Waals surface area contributed by atoms with Crippen molar-refractivity contribution in [2.75, 3.05) is 26.8 Å². The highest BCUT2D eigenvalue weighted by Crippen LogP contribution is 2.39. The molecule has 0 saturated carbocycles. The SMILES string of the molecule is COC(=O)C(O)CN1CCC(c2sc(Cl)cc2CCO)CC1C. The Bertz CT molecular complexity index is 536. The molecule has 7 heteroatoms. The van der Waals surface area contributed by atoms with E-state index in [2.05, 4.69) is 16.6 Å². The van der Waals surface area contributed by atoms with Gasteiger partial charge in [-0.15, -0.1) is 11.3 Å². The Morgan fingerprint density at radius 2 is 2.35 bits per heavy atom. The fourth-order valence-corrected chi connectivity index (χ4v) is 4.70. The second-order valence-corrected chi connectivity index (χ2v) is 7.73. The predicted molar refractivity (Wildman–Crippen MR) is 91.2 cm³/mol. The minimum atomic E-state index is -1.10. The molecule has 1 aromatic rings. The summed E-state index contributed by atoms with van der Waals surface area (Å²) in [6.45, 7) is 3.35. The van der Waals surface area contributed by atoms with Crippen molar-refractivity contribution >= 4 is 28.9 Å². The summed E-state index contributed by atoms with van der Waals surface area (Å²) in [6, 6.07) is 2.21. The predicted octanol–water partition coefficient (Wildman–Crippen LogP) is 2.04. The highest BCUT2D eigenvalue weighted by Gasteiger charge is 2.31. The highest BCUT2D eigenvalue weighted by molar-refractivity contribution is 7.16. The molecule has 2 rings (SSSR count). The van der Waals surface area contributed by atoms with Crippen molar-refractivity contribution < 1.29 is 19.7 Å². The zero-order chi connectivity index (χ0) is 17.0. The Labute approximate surface area is 145 Å². The van der Waals surface area contributed by atoms with Gasteiger partial charge in [0.2, 0.25) is 0 Å². The van der Waals surface area contributed by atoms with E-state index in [0.29, 0.717) is 18.9 Å². The molecule has 0 aliphatic carbocycles. The van der Waals surface area contributed by atoms with Crippen LogP contribution in [0.25, 0.3) is 0 Å². The summed E-state index contributed by atoms with van der Waals surface area (Å²) in [7, 11) is 1.28. The lowest BCUT2D eigenvalue weighted by molar-refractivity contribution is -0.151. The van der Waals surface area contributed by atoms with Crippen molar-refractivity contribution in [2.24, 2.45) is 0 Å². The first-order valence-corrected chi connectivity index (χ1v) is 9.04. The molecule has 2 heterocycles. The maximum absolute atomic E-state index is 11.4. The molecular formula is C16H24ClNO4S. The third kappa shape index (κ3) is 4.67. The standard InChI is InChI=1S/C16H24ClNO4S/c1-10-7-11(15-12(4-6-19)8-14(17)23-15)3-5-18(10)9-13(20)16(21)22-2/h8,10-11,13,19-20H,3-7,9H2,1-2H3. The Kier molecular flexibility index (Phi) is 6.85. The molecule has 23 heavy (non-hydrogen) atoms. The van der Waals surface area contributed by atoms with Crippen LogP contribution in [-0.4, -0.2) is 60.0 Å². The zero-order valence-corrected chi connectivity index (χ0v) is 15.1. The van der Waals surface area contributed by atoms with E-state index in [-0.39, 0.29) is 12.6 Å². The molecule has 5 nitrogen and oxygen atoms in total. The van der Waals surface area contributed by atoms with Crippen molar-refractivity contribution in [1.29, 1.82) is 0 Å². The number of aliphatic hydroxyl groups is 2. The van der Waals surface area contributed by atoms with Gasteiger partial charge in [-0.2, -0.15) is 0 Å². The summed E-state index contributed by atoms with van der Waals surface area (Å²) in [5.41, 5.74) is 1.14. The smallest absolute Gasteiger partial charge is 0.336 e. The number of likely N-dealkylation sites (tertiary alicyclic amines) is 1. The van der Waals surface area contributed by atoms with Gasteiger partial charge in [0.25, 0.3) is 0 Å². The number of ether oxygens (including phenoxy) is 1. The van der Waals surface area contributed by atoms with Crippen molar-refractivity contribution in [3.8, 4) is 0 Å². The Morgan fingerprint density at radius 3 is 2.96 bits per heavy atom. The van der Waals surface area contributed by atoms with Crippen LogP contribution in [0.3, 0.4) is 0 Å². The monoisotopic (exact) mass is 361 g/mol. The number of halogens is 1. The fraction of sp³-hybridized carbons (Fsp3) is 0.688. The number of aliphatic hydroxyl groups excluding tert-OH is 2. The van der Waals surface area contributed by atoms with Crippen LogP contribution in [0.5, 0.6) is 0 Å². The van der Waals surface area contributed by atoms with Gasteiger partial charge >= 0.3 is 5.97 Å². The van der Waals surface area contributed by atoms with Gasteiger partial charge in [-0.1, -0.05) is 11.6 Å². The number of esters is 1. The lowest BCUT2D eigenvalue weighted by atomic mass is 9.88. The molecule has 1 aromatic heterocycles. The van der Waals surface area contributed by atoms with Crippen molar-refractivity contribution in [2.45, 2.75) is 44.2 Å². The molecule has 0 radical (unpaired) electrons. The summed E-state index contributed by atoms with van der Waals surface area (Å²) < 4.78 is 5.34. The molecule has 130 valence electrons. The molecule has 0 bridgehead atoms. The molecule has 1 saturated heterocycles. The van der Waals surface area contributed by atoms with Gasteiger partial charge in [-0.05, 0) is 50.3 Å².